The van der Waals surface area contributed by atoms with Gasteiger partial charge in [0.25, 0.3) is 0 Å². The van der Waals surface area contributed by atoms with E-state index in [-0.39, 0.29) is 0 Å². The molecule has 0 spiro atoms. The van der Waals surface area contributed by atoms with Crippen LogP contribution in [0, 0.1) is 0 Å². The number of hydrogen-bond donors (Lipinski definition) is 0. The highest BCUT2D eigenvalue weighted by atomic mass is 16.5. The normalized spacial score (nSPS) is 22.9. The van der Waals surface area contributed by atoms with Gasteiger partial charge in [0.2, 0.25) is 0 Å². The largest absolute Gasteiger partial charge is 0.458 e. The first kappa shape index (κ1) is 13.0. The maximum Gasteiger partial charge on any atom is 0.131 e. The predicted molar refractivity (Wildman–Crippen MR) is 76.7 cm³/mol. The first-order valence-electron chi connectivity index (χ1n) is 5.87. The number of aliphatic imine (C=N–C) groups is 1. The minimum atomic E-state index is 0.517. The zero-order valence-corrected chi connectivity index (χ0v) is 10.8. The molecule has 96 valence electrons. The van der Waals surface area contributed by atoms with Gasteiger partial charge in [-0.1, -0.05) is 19.2 Å². The van der Waals surface area contributed by atoms with E-state index in [0.29, 0.717) is 17.9 Å². The van der Waals surface area contributed by atoms with E-state index in [9.17, 15) is 0 Å². The zero-order valence-electron chi connectivity index (χ0n) is 10.8. The van der Waals surface area contributed by atoms with Crippen LogP contribution in [0.15, 0.2) is 53.8 Å². The number of aromatic nitrogens is 2. The Bertz CT molecular complexity index is 684. The third-order valence-corrected chi connectivity index (χ3v) is 2.63. The van der Waals surface area contributed by atoms with Crippen molar-refractivity contribution in [3.8, 4) is 0 Å². The molecule has 1 aromatic heterocycles. The van der Waals surface area contributed by atoms with Crippen molar-refractivity contribution in [2.75, 3.05) is 7.05 Å². The van der Waals surface area contributed by atoms with Crippen molar-refractivity contribution in [2.45, 2.75) is 6.42 Å². The molecule has 0 fully saturated rings. The topological polar surface area (TPSA) is 47.4 Å². The van der Waals surface area contributed by atoms with Crippen LogP contribution < -0.4 is 10.6 Å². The summed E-state index contributed by atoms with van der Waals surface area (Å²) in [6.07, 6.45) is 11.1. The number of hydrogen-bond acceptors (Lipinski definition) is 4. The summed E-state index contributed by atoms with van der Waals surface area (Å²) in [5.74, 6) is 1.17. The van der Waals surface area contributed by atoms with Gasteiger partial charge in [-0.2, -0.15) is 0 Å². The van der Waals surface area contributed by atoms with Crippen LogP contribution in [0.3, 0.4) is 0 Å². The molecule has 19 heavy (non-hydrogen) atoms. The fraction of sp³-hybridized carbons (Fsp3) is 0.133. The summed E-state index contributed by atoms with van der Waals surface area (Å²) < 4.78 is 5.69. The monoisotopic (exact) mass is 253 g/mol. The Balaban J connectivity index is 2.62. The van der Waals surface area contributed by atoms with Crippen molar-refractivity contribution in [3.63, 3.8) is 0 Å². The molecule has 0 saturated carbocycles. The second kappa shape index (κ2) is 5.91. The molecule has 1 aromatic rings. The van der Waals surface area contributed by atoms with E-state index in [1.807, 2.05) is 6.08 Å². The second-order valence-corrected chi connectivity index (χ2v) is 3.97. The molecule has 1 aliphatic heterocycles. The van der Waals surface area contributed by atoms with E-state index in [4.69, 9.17) is 4.74 Å². The number of allylic oxidation sites excluding steroid dienone is 3. The third-order valence-electron chi connectivity index (χ3n) is 2.63. The summed E-state index contributed by atoms with van der Waals surface area (Å²) in [5.41, 5.74) is 0.929. The van der Waals surface area contributed by atoms with Crippen LogP contribution in [0.1, 0.15) is 6.42 Å². The summed E-state index contributed by atoms with van der Waals surface area (Å²) in [4.78, 5) is 12.3. The van der Waals surface area contributed by atoms with Crippen molar-refractivity contribution < 1.29 is 4.74 Å². The van der Waals surface area contributed by atoms with Crippen molar-refractivity contribution in [1.82, 2.24) is 9.97 Å². The summed E-state index contributed by atoms with van der Waals surface area (Å²) in [6, 6.07) is 0. The number of fused-ring (bicyclic) bond motifs is 1. The highest BCUT2D eigenvalue weighted by Crippen LogP contribution is 2.15. The van der Waals surface area contributed by atoms with Crippen molar-refractivity contribution >= 4 is 18.4 Å². The minimum absolute atomic E-state index is 0.517. The van der Waals surface area contributed by atoms with Gasteiger partial charge in [0.15, 0.2) is 0 Å². The molecule has 0 unspecified atom stereocenters. The van der Waals surface area contributed by atoms with Crippen LogP contribution >= 0.6 is 0 Å². The standard InChI is InChI=1S/C15H15N3O/c1-4-15-12(8-16-3)5-6-14-13(7-11(2)19-15)9-17-10-18-14/h4,6-10H,1-2,5H2,3H3/b13-7-,14-6+,15-12+,16-8-. The highest BCUT2D eigenvalue weighted by molar-refractivity contribution is 5.81. The Morgan fingerprint density at radius 3 is 3.05 bits per heavy atom. The van der Waals surface area contributed by atoms with Gasteiger partial charge in [0, 0.05) is 30.3 Å². The lowest BCUT2D eigenvalue weighted by atomic mass is 10.1. The number of rotatable bonds is 2. The fourth-order valence-electron chi connectivity index (χ4n) is 1.79. The van der Waals surface area contributed by atoms with Gasteiger partial charge in [0.1, 0.15) is 17.8 Å². The lowest BCUT2D eigenvalue weighted by molar-refractivity contribution is 0.342. The van der Waals surface area contributed by atoms with Crippen molar-refractivity contribution in [3.05, 3.63) is 59.4 Å². The van der Waals surface area contributed by atoms with E-state index in [1.165, 1.54) is 6.33 Å². The van der Waals surface area contributed by atoms with Gasteiger partial charge in [-0.15, -0.1) is 0 Å². The quantitative estimate of drug-likeness (QED) is 0.742. The molecule has 2 rings (SSSR count). The molecule has 1 aliphatic rings. The first-order chi connectivity index (χ1) is 9.24. The highest BCUT2D eigenvalue weighted by Gasteiger charge is 2.06. The lowest BCUT2D eigenvalue weighted by Crippen LogP contribution is -2.28. The lowest BCUT2D eigenvalue weighted by Gasteiger charge is -2.08. The summed E-state index contributed by atoms with van der Waals surface area (Å²) in [5, 5.41) is 1.73. The molecule has 0 atom stereocenters. The van der Waals surface area contributed by atoms with Gasteiger partial charge in [0.05, 0.1) is 5.35 Å². The Hall–Kier alpha value is -2.49. The average molecular weight is 253 g/mol. The molecule has 0 N–H and O–H groups in total. The summed E-state index contributed by atoms with van der Waals surface area (Å²) in [7, 11) is 1.72. The smallest absolute Gasteiger partial charge is 0.131 e. The Morgan fingerprint density at radius 1 is 1.47 bits per heavy atom. The Labute approximate surface area is 111 Å². The van der Waals surface area contributed by atoms with Crippen LogP contribution in [-0.2, 0) is 4.74 Å². The Kier molecular flexibility index (Phi) is 4.03. The van der Waals surface area contributed by atoms with E-state index in [1.54, 1.807) is 31.6 Å². The average Bonchev–Trinajstić information content (AvgIpc) is 2.48. The zero-order chi connectivity index (χ0) is 13.7. The van der Waals surface area contributed by atoms with Gasteiger partial charge < -0.3 is 4.74 Å². The molecule has 4 heteroatoms. The molecule has 0 saturated heterocycles. The second-order valence-electron chi connectivity index (χ2n) is 3.97. The first-order valence-corrected chi connectivity index (χ1v) is 5.87. The van der Waals surface area contributed by atoms with Gasteiger partial charge in [-0.25, -0.2) is 9.97 Å². The maximum absolute atomic E-state index is 5.69. The van der Waals surface area contributed by atoms with Crippen LogP contribution in [0.2, 0.25) is 0 Å². The molecule has 2 heterocycles. The molecule has 0 aliphatic carbocycles. The van der Waals surface area contributed by atoms with Crippen molar-refractivity contribution in [1.29, 1.82) is 0 Å². The number of ether oxygens (including phenoxy) is 1. The van der Waals surface area contributed by atoms with Crippen LogP contribution in [-0.4, -0.2) is 23.2 Å². The van der Waals surface area contributed by atoms with E-state index >= 15 is 0 Å². The Morgan fingerprint density at radius 2 is 2.32 bits per heavy atom. The van der Waals surface area contributed by atoms with Crippen LogP contribution in [0.5, 0.6) is 0 Å². The molecule has 4 nitrogen and oxygen atoms in total. The fourth-order valence-corrected chi connectivity index (χ4v) is 1.79. The molecular weight excluding hydrogens is 238 g/mol. The summed E-state index contributed by atoms with van der Waals surface area (Å²) in [6.45, 7) is 7.64. The SMILES string of the molecule is C=C/C1=C(\C=N/C)C/C=c2/ncnc/c2=C/C(=C)O1. The molecule has 0 radical (unpaired) electrons. The number of nitrogens with zero attached hydrogens (tertiary/aromatic N) is 3. The molecular formula is C15H15N3O. The van der Waals surface area contributed by atoms with Gasteiger partial charge in [-0.05, 0) is 18.6 Å². The van der Waals surface area contributed by atoms with Gasteiger partial charge in [-0.3, -0.25) is 4.99 Å². The van der Waals surface area contributed by atoms with E-state index < -0.39 is 0 Å². The van der Waals surface area contributed by atoms with E-state index in [2.05, 4.69) is 28.1 Å². The van der Waals surface area contributed by atoms with Crippen LogP contribution in [0.25, 0.3) is 12.2 Å². The molecule has 0 bridgehead atoms. The molecule has 0 aromatic carbocycles. The van der Waals surface area contributed by atoms with Crippen LogP contribution in [0.4, 0.5) is 0 Å². The minimum Gasteiger partial charge on any atom is -0.458 e. The maximum atomic E-state index is 5.69. The van der Waals surface area contributed by atoms with E-state index in [0.717, 1.165) is 16.1 Å². The molecule has 0 amide bonds. The predicted octanol–water partition coefficient (Wildman–Crippen LogP) is 1.11. The van der Waals surface area contributed by atoms with Crippen molar-refractivity contribution in [2.24, 2.45) is 4.99 Å². The third kappa shape index (κ3) is 3.04. The van der Waals surface area contributed by atoms with Gasteiger partial charge >= 0.3 is 0 Å². The summed E-state index contributed by atoms with van der Waals surface area (Å²) >= 11 is 0.